The highest BCUT2D eigenvalue weighted by atomic mass is 79.9. The van der Waals surface area contributed by atoms with Gasteiger partial charge in [0.25, 0.3) is 0 Å². The second-order valence-corrected chi connectivity index (χ2v) is 10.4. The first-order valence-corrected chi connectivity index (χ1v) is 13.4. The van der Waals surface area contributed by atoms with Crippen LogP contribution >= 0.6 is 15.9 Å². The highest BCUT2D eigenvalue weighted by Crippen LogP contribution is 2.42. The van der Waals surface area contributed by atoms with Gasteiger partial charge in [-0.25, -0.2) is 4.98 Å². The number of para-hydroxylation sites is 1. The molecule has 6 aromatic carbocycles. The molecule has 0 saturated heterocycles. The van der Waals surface area contributed by atoms with Gasteiger partial charge >= 0.3 is 0 Å². The van der Waals surface area contributed by atoms with Crippen LogP contribution in [0.1, 0.15) is 11.6 Å². The summed E-state index contributed by atoms with van der Waals surface area (Å²) in [4.78, 5) is 15.8. The highest BCUT2D eigenvalue weighted by Gasteiger charge is 2.18. The van der Waals surface area contributed by atoms with Crippen LogP contribution in [0.4, 0.5) is 17.3 Å². The third-order valence-electron chi connectivity index (χ3n) is 7.11. The number of aryl methyl sites for hydroxylation is 2. The van der Waals surface area contributed by atoms with E-state index in [9.17, 15) is 0 Å². The fraction of sp³-hybridized carbons (Fsp3) is 0.0606. The molecule has 0 aliphatic rings. The zero-order valence-electron chi connectivity index (χ0n) is 21.0. The molecule has 0 unspecified atom stereocenters. The number of anilines is 3. The molecule has 0 bridgehead atoms. The van der Waals surface area contributed by atoms with Gasteiger partial charge in [-0.2, -0.15) is 9.97 Å². The van der Waals surface area contributed by atoms with Gasteiger partial charge in [0.2, 0.25) is 5.95 Å². The van der Waals surface area contributed by atoms with E-state index in [4.69, 9.17) is 0 Å². The van der Waals surface area contributed by atoms with E-state index >= 15 is 0 Å². The van der Waals surface area contributed by atoms with Gasteiger partial charge < -0.3 is 0 Å². The Labute approximate surface area is 229 Å². The molecule has 182 valence electrons. The van der Waals surface area contributed by atoms with Gasteiger partial charge in [-0.1, -0.05) is 88.7 Å². The molecule has 0 aliphatic heterocycles. The van der Waals surface area contributed by atoms with E-state index in [2.05, 4.69) is 121 Å². The first-order chi connectivity index (χ1) is 18.6. The van der Waals surface area contributed by atoms with Gasteiger partial charge in [-0.15, -0.1) is 0 Å². The lowest BCUT2D eigenvalue weighted by atomic mass is 9.90. The summed E-state index contributed by atoms with van der Waals surface area (Å²) in [6.07, 6.45) is 0. The van der Waals surface area contributed by atoms with E-state index in [1.807, 2.05) is 32.0 Å². The minimum atomic E-state index is 0.613. The van der Waals surface area contributed by atoms with Crippen molar-refractivity contribution in [1.29, 1.82) is 0 Å². The van der Waals surface area contributed by atoms with Crippen molar-refractivity contribution >= 4 is 65.6 Å². The standard InChI is InChI=1S/C33H23BrN4/c1-20-35-21(2)37-33(36-20)38(25-6-4-3-5-7-25)26-14-8-22(9-15-26)27-16-10-23-12-18-29-30(34)19-13-24-11-17-28(27)31(23)32(24)29/h3-19H,1-2H3. The topological polar surface area (TPSA) is 41.9 Å². The van der Waals surface area contributed by atoms with Crippen molar-refractivity contribution in [2.45, 2.75) is 13.8 Å². The van der Waals surface area contributed by atoms with Crippen molar-refractivity contribution in [2.24, 2.45) is 0 Å². The predicted molar refractivity (Wildman–Crippen MR) is 161 cm³/mol. The molecule has 7 aromatic rings. The summed E-state index contributed by atoms with van der Waals surface area (Å²) in [6.45, 7) is 3.80. The minimum absolute atomic E-state index is 0.613. The van der Waals surface area contributed by atoms with Crippen LogP contribution in [0.25, 0.3) is 43.4 Å². The molecule has 38 heavy (non-hydrogen) atoms. The third kappa shape index (κ3) is 3.70. The number of benzene rings is 6. The monoisotopic (exact) mass is 554 g/mol. The summed E-state index contributed by atoms with van der Waals surface area (Å²) in [5.74, 6) is 2.01. The summed E-state index contributed by atoms with van der Waals surface area (Å²) in [6, 6.07) is 36.6. The number of hydrogen-bond acceptors (Lipinski definition) is 4. The number of halogens is 1. The minimum Gasteiger partial charge on any atom is -0.279 e. The second kappa shape index (κ2) is 8.89. The molecule has 1 aromatic heterocycles. The van der Waals surface area contributed by atoms with Gasteiger partial charge in [0, 0.05) is 15.8 Å². The van der Waals surface area contributed by atoms with Crippen LogP contribution in [0.15, 0.2) is 108 Å². The molecule has 7 rings (SSSR count). The Hall–Kier alpha value is -4.35. The molecule has 5 heteroatoms. The number of rotatable bonds is 4. The third-order valence-corrected chi connectivity index (χ3v) is 7.80. The van der Waals surface area contributed by atoms with Crippen LogP contribution in [0.2, 0.25) is 0 Å². The lowest BCUT2D eigenvalue weighted by molar-refractivity contribution is 0.906. The number of hydrogen-bond donors (Lipinski definition) is 0. The SMILES string of the molecule is Cc1nc(C)nc(N(c2ccccc2)c2ccc(-c3ccc4ccc5c(Br)ccc6ccc3c4c65)cc2)n1. The van der Waals surface area contributed by atoms with Crippen LogP contribution < -0.4 is 4.90 Å². The lowest BCUT2D eigenvalue weighted by Crippen LogP contribution is -2.15. The molecule has 0 aliphatic carbocycles. The number of nitrogens with zero attached hydrogens (tertiary/aromatic N) is 4. The first kappa shape index (κ1) is 22.8. The summed E-state index contributed by atoms with van der Waals surface area (Å²) in [5.41, 5.74) is 4.38. The van der Waals surface area contributed by atoms with E-state index in [0.29, 0.717) is 17.6 Å². The summed E-state index contributed by atoms with van der Waals surface area (Å²) in [7, 11) is 0. The van der Waals surface area contributed by atoms with Gasteiger partial charge in [0.15, 0.2) is 0 Å². The quantitative estimate of drug-likeness (QED) is 0.203. The van der Waals surface area contributed by atoms with Crippen LogP contribution in [0.5, 0.6) is 0 Å². The smallest absolute Gasteiger partial charge is 0.238 e. The van der Waals surface area contributed by atoms with Crippen molar-refractivity contribution in [3.8, 4) is 11.1 Å². The van der Waals surface area contributed by atoms with Crippen LogP contribution in [-0.4, -0.2) is 15.0 Å². The predicted octanol–water partition coefficient (Wildman–Crippen LogP) is 9.29. The van der Waals surface area contributed by atoms with Gasteiger partial charge in [-0.05, 0) is 87.6 Å². The van der Waals surface area contributed by atoms with Crippen molar-refractivity contribution in [2.75, 3.05) is 4.90 Å². The second-order valence-electron chi connectivity index (χ2n) is 9.53. The van der Waals surface area contributed by atoms with Crippen LogP contribution in [0, 0.1) is 13.8 Å². The Balaban J connectivity index is 1.38. The molecule has 1 heterocycles. The van der Waals surface area contributed by atoms with E-state index in [1.54, 1.807) is 0 Å². The zero-order chi connectivity index (χ0) is 25.8. The van der Waals surface area contributed by atoms with E-state index < -0.39 is 0 Å². The van der Waals surface area contributed by atoms with Crippen molar-refractivity contribution in [3.63, 3.8) is 0 Å². The molecule has 0 atom stereocenters. The van der Waals surface area contributed by atoms with Crippen LogP contribution in [-0.2, 0) is 0 Å². The Morgan fingerprint density at radius 2 is 1.13 bits per heavy atom. The van der Waals surface area contributed by atoms with Crippen molar-refractivity contribution in [1.82, 2.24) is 15.0 Å². The van der Waals surface area contributed by atoms with Gasteiger partial charge in [-0.3, -0.25) is 4.90 Å². The first-order valence-electron chi connectivity index (χ1n) is 12.6. The largest absolute Gasteiger partial charge is 0.279 e. The zero-order valence-corrected chi connectivity index (χ0v) is 22.6. The average molecular weight is 555 g/mol. The van der Waals surface area contributed by atoms with Crippen LogP contribution in [0.3, 0.4) is 0 Å². The van der Waals surface area contributed by atoms with E-state index in [0.717, 1.165) is 15.8 Å². The molecule has 0 saturated carbocycles. The Kier molecular flexibility index (Phi) is 5.34. The van der Waals surface area contributed by atoms with Crippen molar-refractivity contribution in [3.05, 3.63) is 119 Å². The average Bonchev–Trinajstić information content (AvgIpc) is 2.93. The molecule has 0 amide bonds. The molecule has 4 nitrogen and oxygen atoms in total. The van der Waals surface area contributed by atoms with E-state index in [-0.39, 0.29) is 0 Å². The summed E-state index contributed by atoms with van der Waals surface area (Å²) >= 11 is 3.75. The highest BCUT2D eigenvalue weighted by molar-refractivity contribution is 9.10. The number of aromatic nitrogens is 3. The van der Waals surface area contributed by atoms with Gasteiger partial charge in [0.05, 0.1) is 0 Å². The molecule has 0 N–H and O–H groups in total. The summed E-state index contributed by atoms with van der Waals surface area (Å²) in [5, 5.41) is 7.64. The molecular weight excluding hydrogens is 532 g/mol. The maximum absolute atomic E-state index is 4.66. The van der Waals surface area contributed by atoms with E-state index in [1.165, 1.54) is 43.4 Å². The summed E-state index contributed by atoms with van der Waals surface area (Å²) < 4.78 is 1.12. The Morgan fingerprint density at radius 3 is 1.84 bits per heavy atom. The molecule has 0 fully saturated rings. The van der Waals surface area contributed by atoms with Crippen molar-refractivity contribution < 1.29 is 0 Å². The normalized spacial score (nSPS) is 11.6. The maximum atomic E-state index is 4.66. The maximum Gasteiger partial charge on any atom is 0.238 e. The van der Waals surface area contributed by atoms with Gasteiger partial charge in [0.1, 0.15) is 11.6 Å². The Bertz CT molecular complexity index is 1930. The molecular formula is C33H23BrN4. The molecule has 0 spiro atoms. The lowest BCUT2D eigenvalue weighted by Gasteiger charge is -2.23. The fourth-order valence-corrected chi connectivity index (χ4v) is 5.93. The fourth-order valence-electron chi connectivity index (χ4n) is 5.46. The Morgan fingerprint density at radius 1 is 0.553 bits per heavy atom. The molecule has 0 radical (unpaired) electrons.